The number of hydrogen-bond acceptors (Lipinski definition) is 2. The Balaban J connectivity index is 2.62. The Bertz CT molecular complexity index is 329. The molecule has 0 aliphatic carbocycles. The molecule has 2 heteroatoms. The van der Waals surface area contributed by atoms with Crippen LogP contribution in [0.4, 0.5) is 0 Å². The zero-order valence-corrected chi connectivity index (χ0v) is 11.5. The lowest BCUT2D eigenvalue weighted by Gasteiger charge is -2.23. The van der Waals surface area contributed by atoms with E-state index in [1.54, 1.807) is 0 Å². The summed E-state index contributed by atoms with van der Waals surface area (Å²) in [5.74, 6) is 1.34. The molecule has 0 radical (unpaired) electrons. The molecule has 17 heavy (non-hydrogen) atoms. The molecule has 2 N–H and O–H groups in total. The largest absolute Gasteiger partial charge is 0.493 e. The van der Waals surface area contributed by atoms with E-state index in [0.717, 1.165) is 12.2 Å². The van der Waals surface area contributed by atoms with E-state index < -0.39 is 0 Å². The van der Waals surface area contributed by atoms with Crippen LogP contribution in [-0.2, 0) is 5.41 Å². The first-order valence-electron chi connectivity index (χ1n) is 6.43. The lowest BCUT2D eigenvalue weighted by atomic mass is 9.82. The third-order valence-corrected chi connectivity index (χ3v) is 3.46. The van der Waals surface area contributed by atoms with Crippen LogP contribution in [0.2, 0.25) is 0 Å². The molecule has 0 heterocycles. The summed E-state index contributed by atoms with van der Waals surface area (Å²) in [6.45, 7) is 10.2. The highest BCUT2D eigenvalue weighted by atomic mass is 16.5. The minimum atomic E-state index is 0.239. The molecule has 0 spiro atoms. The van der Waals surface area contributed by atoms with Crippen LogP contribution >= 0.6 is 0 Å². The SMILES string of the molecule is CCC(C)(C)c1ccc(OCC(C)CN)cc1. The molecule has 1 unspecified atom stereocenters. The van der Waals surface area contributed by atoms with Crippen LogP contribution in [0, 0.1) is 5.92 Å². The molecule has 96 valence electrons. The number of ether oxygens (including phenoxy) is 1. The third-order valence-electron chi connectivity index (χ3n) is 3.46. The molecule has 2 nitrogen and oxygen atoms in total. The maximum atomic E-state index is 5.68. The Morgan fingerprint density at radius 3 is 2.29 bits per heavy atom. The van der Waals surface area contributed by atoms with Crippen LogP contribution in [0.1, 0.15) is 39.7 Å². The number of hydrogen-bond donors (Lipinski definition) is 1. The quantitative estimate of drug-likeness (QED) is 0.820. The fourth-order valence-corrected chi connectivity index (χ4v) is 1.51. The van der Waals surface area contributed by atoms with Gasteiger partial charge in [0.25, 0.3) is 0 Å². The number of rotatable bonds is 6. The van der Waals surface area contributed by atoms with Crippen molar-refractivity contribution in [3.63, 3.8) is 0 Å². The Morgan fingerprint density at radius 2 is 1.82 bits per heavy atom. The van der Waals surface area contributed by atoms with E-state index in [-0.39, 0.29) is 5.41 Å². The summed E-state index contributed by atoms with van der Waals surface area (Å²) in [4.78, 5) is 0. The number of benzene rings is 1. The first kappa shape index (κ1) is 14.0. The van der Waals surface area contributed by atoms with Crippen molar-refractivity contribution in [1.29, 1.82) is 0 Å². The minimum absolute atomic E-state index is 0.239. The first-order chi connectivity index (χ1) is 7.99. The highest BCUT2D eigenvalue weighted by Crippen LogP contribution is 2.28. The van der Waals surface area contributed by atoms with Crippen molar-refractivity contribution in [2.45, 2.75) is 39.5 Å². The van der Waals surface area contributed by atoms with Crippen molar-refractivity contribution in [1.82, 2.24) is 0 Å². The van der Waals surface area contributed by atoms with E-state index >= 15 is 0 Å². The summed E-state index contributed by atoms with van der Waals surface area (Å²) >= 11 is 0. The van der Waals surface area contributed by atoms with Gasteiger partial charge in [0.15, 0.2) is 0 Å². The second-order valence-corrected chi connectivity index (χ2v) is 5.41. The molecular weight excluding hydrogens is 210 g/mol. The summed E-state index contributed by atoms with van der Waals surface area (Å²) in [5, 5.41) is 0. The Kier molecular flexibility index (Phi) is 5.01. The third kappa shape index (κ3) is 4.04. The van der Waals surface area contributed by atoms with Crippen molar-refractivity contribution >= 4 is 0 Å². The highest BCUT2D eigenvalue weighted by molar-refractivity contribution is 5.31. The standard InChI is InChI=1S/C15H25NO/c1-5-15(3,4)13-6-8-14(9-7-13)17-11-12(2)10-16/h6-9,12H,5,10-11,16H2,1-4H3. The first-order valence-corrected chi connectivity index (χ1v) is 6.43. The van der Waals surface area contributed by atoms with Crippen LogP contribution in [0.25, 0.3) is 0 Å². The summed E-state index contributed by atoms with van der Waals surface area (Å²) in [7, 11) is 0. The van der Waals surface area contributed by atoms with Gasteiger partial charge in [-0.3, -0.25) is 0 Å². The van der Waals surface area contributed by atoms with Crippen LogP contribution in [-0.4, -0.2) is 13.2 Å². The lowest BCUT2D eigenvalue weighted by molar-refractivity contribution is 0.264. The van der Waals surface area contributed by atoms with Gasteiger partial charge in [-0.15, -0.1) is 0 Å². The van der Waals surface area contributed by atoms with Crippen LogP contribution < -0.4 is 10.5 Å². The highest BCUT2D eigenvalue weighted by Gasteiger charge is 2.17. The van der Waals surface area contributed by atoms with E-state index in [9.17, 15) is 0 Å². The molecule has 0 aliphatic rings. The molecule has 0 saturated carbocycles. The Labute approximate surface area is 105 Å². The predicted molar refractivity (Wildman–Crippen MR) is 73.5 cm³/mol. The van der Waals surface area contributed by atoms with Gasteiger partial charge < -0.3 is 10.5 Å². The molecule has 0 amide bonds. The summed E-state index contributed by atoms with van der Waals surface area (Å²) in [6, 6.07) is 8.42. The average Bonchev–Trinajstić information content (AvgIpc) is 2.36. The molecule has 0 aromatic heterocycles. The lowest BCUT2D eigenvalue weighted by Crippen LogP contribution is -2.18. The van der Waals surface area contributed by atoms with Crippen LogP contribution in [0.15, 0.2) is 24.3 Å². The van der Waals surface area contributed by atoms with Gasteiger partial charge in [-0.25, -0.2) is 0 Å². The summed E-state index contributed by atoms with van der Waals surface area (Å²) in [6.07, 6.45) is 1.14. The summed E-state index contributed by atoms with van der Waals surface area (Å²) in [5.41, 5.74) is 7.15. The van der Waals surface area contributed by atoms with E-state index in [1.807, 2.05) is 0 Å². The van der Waals surface area contributed by atoms with E-state index in [2.05, 4.69) is 52.0 Å². The Morgan fingerprint density at radius 1 is 1.24 bits per heavy atom. The maximum absolute atomic E-state index is 5.68. The second kappa shape index (κ2) is 6.06. The molecule has 1 atom stereocenters. The zero-order chi connectivity index (χ0) is 12.9. The maximum Gasteiger partial charge on any atom is 0.119 e. The van der Waals surface area contributed by atoms with E-state index in [4.69, 9.17) is 10.5 Å². The minimum Gasteiger partial charge on any atom is -0.493 e. The second-order valence-electron chi connectivity index (χ2n) is 5.41. The van der Waals surface area contributed by atoms with Gasteiger partial charge in [-0.1, -0.05) is 39.8 Å². The normalized spacial score (nSPS) is 13.5. The van der Waals surface area contributed by atoms with Gasteiger partial charge in [-0.05, 0) is 36.1 Å². The van der Waals surface area contributed by atoms with Crippen molar-refractivity contribution < 1.29 is 4.74 Å². The van der Waals surface area contributed by atoms with Crippen molar-refractivity contribution in [3.05, 3.63) is 29.8 Å². The van der Waals surface area contributed by atoms with Gasteiger partial charge in [0.1, 0.15) is 5.75 Å². The van der Waals surface area contributed by atoms with Gasteiger partial charge in [0.05, 0.1) is 6.61 Å². The van der Waals surface area contributed by atoms with Crippen molar-refractivity contribution in [2.75, 3.05) is 13.2 Å². The molecule has 0 aliphatic heterocycles. The van der Waals surface area contributed by atoms with Gasteiger partial charge in [0.2, 0.25) is 0 Å². The van der Waals surface area contributed by atoms with Crippen LogP contribution in [0.5, 0.6) is 5.75 Å². The van der Waals surface area contributed by atoms with E-state index in [0.29, 0.717) is 19.1 Å². The van der Waals surface area contributed by atoms with Gasteiger partial charge >= 0.3 is 0 Å². The fourth-order valence-electron chi connectivity index (χ4n) is 1.51. The van der Waals surface area contributed by atoms with E-state index in [1.165, 1.54) is 5.56 Å². The monoisotopic (exact) mass is 235 g/mol. The average molecular weight is 235 g/mol. The van der Waals surface area contributed by atoms with Gasteiger partial charge in [-0.2, -0.15) is 0 Å². The smallest absolute Gasteiger partial charge is 0.119 e. The zero-order valence-electron chi connectivity index (χ0n) is 11.5. The van der Waals surface area contributed by atoms with Crippen molar-refractivity contribution in [2.24, 2.45) is 11.7 Å². The topological polar surface area (TPSA) is 35.2 Å². The van der Waals surface area contributed by atoms with Crippen LogP contribution in [0.3, 0.4) is 0 Å². The molecule has 0 saturated heterocycles. The molecule has 1 aromatic carbocycles. The fraction of sp³-hybridized carbons (Fsp3) is 0.600. The molecule has 0 fully saturated rings. The van der Waals surface area contributed by atoms with Crippen molar-refractivity contribution in [3.8, 4) is 5.75 Å². The molecule has 0 bridgehead atoms. The molecule has 1 aromatic rings. The molecule has 1 rings (SSSR count). The predicted octanol–water partition coefficient (Wildman–Crippen LogP) is 3.35. The number of nitrogens with two attached hydrogens (primary N) is 1. The summed E-state index contributed by atoms with van der Waals surface area (Å²) < 4.78 is 5.68. The Hall–Kier alpha value is -1.02. The molecular formula is C15H25NO. The van der Waals surface area contributed by atoms with Gasteiger partial charge in [0, 0.05) is 5.92 Å².